The van der Waals surface area contributed by atoms with Crippen LogP contribution in [0.1, 0.15) is 12.8 Å². The molecule has 0 aromatic carbocycles. The second kappa shape index (κ2) is 6.70. The molecule has 0 aromatic heterocycles. The molecule has 0 saturated heterocycles. The summed E-state index contributed by atoms with van der Waals surface area (Å²) in [7, 11) is 0. The fourth-order valence-electron chi connectivity index (χ4n) is 1.13. The maximum absolute atomic E-state index is 11.2. The molecule has 4 nitrogen and oxygen atoms in total. The quantitative estimate of drug-likeness (QED) is 0.557. The largest absolute Gasteiger partial charge is 0.498 e. The zero-order valence-electron chi connectivity index (χ0n) is 8.57. The minimum absolute atomic E-state index is 0.217. The van der Waals surface area contributed by atoms with Crippen molar-refractivity contribution in [2.45, 2.75) is 12.8 Å². The molecular formula is C11H15NO3. The third-order valence-electron chi connectivity index (χ3n) is 1.79. The predicted octanol–water partition coefficient (Wildman–Crippen LogP) is 2.11. The van der Waals surface area contributed by atoms with Crippen LogP contribution in [0.5, 0.6) is 0 Å². The van der Waals surface area contributed by atoms with Crippen molar-refractivity contribution in [3.63, 3.8) is 0 Å². The van der Waals surface area contributed by atoms with Crippen molar-refractivity contribution in [2.24, 2.45) is 0 Å². The summed E-state index contributed by atoms with van der Waals surface area (Å²) in [6, 6.07) is 0. The first-order valence-electron chi connectivity index (χ1n) is 4.86. The van der Waals surface area contributed by atoms with Gasteiger partial charge in [0.15, 0.2) is 0 Å². The highest BCUT2D eigenvalue weighted by atomic mass is 16.6. The average Bonchev–Trinajstić information content (AvgIpc) is 2.26. The molecule has 0 saturated carbocycles. The first-order chi connectivity index (χ1) is 7.33. The van der Waals surface area contributed by atoms with Crippen LogP contribution in [-0.2, 0) is 9.47 Å². The van der Waals surface area contributed by atoms with Gasteiger partial charge in [0.1, 0.15) is 13.2 Å². The van der Waals surface area contributed by atoms with Gasteiger partial charge in [-0.05, 0) is 18.9 Å². The third-order valence-corrected chi connectivity index (χ3v) is 1.79. The molecule has 0 fully saturated rings. The zero-order valence-corrected chi connectivity index (χ0v) is 8.57. The number of carbonyl (C=O) groups excluding carboxylic acids is 1. The minimum Gasteiger partial charge on any atom is -0.498 e. The lowest BCUT2D eigenvalue weighted by atomic mass is 10.1. The van der Waals surface area contributed by atoms with Crippen molar-refractivity contribution in [3.8, 4) is 0 Å². The lowest BCUT2D eigenvalue weighted by molar-refractivity contribution is 0.115. The van der Waals surface area contributed by atoms with E-state index in [1.807, 2.05) is 18.2 Å². The fourth-order valence-corrected chi connectivity index (χ4v) is 1.13. The number of hydrogen-bond donors (Lipinski definition) is 1. The molecule has 0 radical (unpaired) electrons. The minimum atomic E-state index is -0.458. The number of rotatable bonds is 5. The second-order valence-electron chi connectivity index (χ2n) is 2.94. The van der Waals surface area contributed by atoms with Crippen LogP contribution in [0, 0.1) is 0 Å². The Balaban J connectivity index is 2.15. The Kier molecular flexibility index (Phi) is 5.08. The van der Waals surface area contributed by atoms with Crippen molar-refractivity contribution >= 4 is 6.09 Å². The predicted molar refractivity (Wildman–Crippen MR) is 57.1 cm³/mol. The molecule has 0 heterocycles. The average molecular weight is 209 g/mol. The first-order valence-corrected chi connectivity index (χ1v) is 4.86. The van der Waals surface area contributed by atoms with E-state index in [2.05, 4.69) is 11.9 Å². The van der Waals surface area contributed by atoms with Crippen LogP contribution < -0.4 is 5.32 Å². The van der Waals surface area contributed by atoms with Gasteiger partial charge in [-0.25, -0.2) is 4.79 Å². The number of amides is 1. The SMILES string of the molecule is C=COCCOC(=O)NC1=CCCC=C1. The van der Waals surface area contributed by atoms with Crippen molar-refractivity contribution in [1.29, 1.82) is 0 Å². The summed E-state index contributed by atoms with van der Waals surface area (Å²) in [6.45, 7) is 3.92. The van der Waals surface area contributed by atoms with Crippen LogP contribution in [0.2, 0.25) is 0 Å². The molecule has 0 aromatic rings. The van der Waals surface area contributed by atoms with Crippen LogP contribution in [0.25, 0.3) is 0 Å². The molecule has 1 N–H and O–H groups in total. The Hall–Kier alpha value is -1.71. The van der Waals surface area contributed by atoms with Gasteiger partial charge in [0.2, 0.25) is 0 Å². The van der Waals surface area contributed by atoms with Gasteiger partial charge in [0.05, 0.1) is 6.26 Å². The number of carbonyl (C=O) groups is 1. The van der Waals surface area contributed by atoms with E-state index in [-0.39, 0.29) is 6.61 Å². The molecule has 1 rings (SSSR count). The smallest absolute Gasteiger partial charge is 0.411 e. The molecule has 4 heteroatoms. The normalized spacial score (nSPS) is 14.0. The highest BCUT2D eigenvalue weighted by Crippen LogP contribution is 2.06. The maximum Gasteiger partial charge on any atom is 0.411 e. The van der Waals surface area contributed by atoms with Crippen molar-refractivity contribution in [1.82, 2.24) is 5.32 Å². The molecule has 0 aliphatic heterocycles. The van der Waals surface area contributed by atoms with E-state index >= 15 is 0 Å². The number of hydrogen-bond acceptors (Lipinski definition) is 3. The lowest BCUT2D eigenvalue weighted by Crippen LogP contribution is -2.24. The number of nitrogens with one attached hydrogen (secondary N) is 1. The molecule has 1 amide bonds. The molecule has 0 unspecified atom stereocenters. The van der Waals surface area contributed by atoms with E-state index in [9.17, 15) is 4.79 Å². The number of alkyl carbamates (subject to hydrolysis) is 1. The fraction of sp³-hybridized carbons (Fsp3) is 0.364. The van der Waals surface area contributed by atoms with E-state index in [1.165, 1.54) is 6.26 Å². The summed E-state index contributed by atoms with van der Waals surface area (Å²) in [6.07, 6.45) is 8.66. The summed E-state index contributed by atoms with van der Waals surface area (Å²) in [5.74, 6) is 0. The van der Waals surface area contributed by atoms with Crippen LogP contribution in [0.15, 0.2) is 36.8 Å². The van der Waals surface area contributed by atoms with Gasteiger partial charge in [-0.15, -0.1) is 0 Å². The number of ether oxygens (including phenoxy) is 2. The highest BCUT2D eigenvalue weighted by Gasteiger charge is 2.04. The molecular weight excluding hydrogens is 194 g/mol. The van der Waals surface area contributed by atoms with Gasteiger partial charge >= 0.3 is 6.09 Å². The van der Waals surface area contributed by atoms with Gasteiger partial charge in [-0.2, -0.15) is 0 Å². The van der Waals surface area contributed by atoms with Crippen molar-refractivity contribution < 1.29 is 14.3 Å². The molecule has 0 bridgehead atoms. The van der Waals surface area contributed by atoms with Gasteiger partial charge in [-0.3, -0.25) is 5.32 Å². The third kappa shape index (κ3) is 4.90. The first kappa shape index (κ1) is 11.4. The molecule has 82 valence electrons. The van der Waals surface area contributed by atoms with Crippen molar-refractivity contribution in [2.75, 3.05) is 13.2 Å². The highest BCUT2D eigenvalue weighted by molar-refractivity contribution is 5.70. The summed E-state index contributed by atoms with van der Waals surface area (Å²) in [4.78, 5) is 11.2. The van der Waals surface area contributed by atoms with E-state index in [0.29, 0.717) is 6.61 Å². The lowest BCUT2D eigenvalue weighted by Gasteiger charge is -2.09. The Morgan fingerprint density at radius 2 is 2.40 bits per heavy atom. The molecule has 1 aliphatic rings. The molecule has 0 spiro atoms. The Morgan fingerprint density at radius 3 is 3.07 bits per heavy atom. The van der Waals surface area contributed by atoms with E-state index in [0.717, 1.165) is 18.5 Å². The monoisotopic (exact) mass is 209 g/mol. The van der Waals surface area contributed by atoms with Gasteiger partial charge < -0.3 is 9.47 Å². The Morgan fingerprint density at radius 1 is 1.53 bits per heavy atom. The van der Waals surface area contributed by atoms with Gasteiger partial charge in [0.25, 0.3) is 0 Å². The summed E-state index contributed by atoms with van der Waals surface area (Å²) in [5.41, 5.74) is 0.788. The maximum atomic E-state index is 11.2. The van der Waals surface area contributed by atoms with E-state index in [1.54, 1.807) is 0 Å². The van der Waals surface area contributed by atoms with Crippen LogP contribution in [0.3, 0.4) is 0 Å². The van der Waals surface area contributed by atoms with Gasteiger partial charge in [-0.1, -0.05) is 18.7 Å². The Labute approximate surface area is 89.3 Å². The Bertz CT molecular complexity index is 282. The second-order valence-corrected chi connectivity index (χ2v) is 2.94. The van der Waals surface area contributed by atoms with E-state index < -0.39 is 6.09 Å². The molecule has 0 atom stereocenters. The summed E-state index contributed by atoms with van der Waals surface area (Å²) in [5, 5.41) is 2.63. The van der Waals surface area contributed by atoms with E-state index in [4.69, 9.17) is 9.47 Å². The zero-order chi connectivity index (χ0) is 10.9. The number of allylic oxidation sites excluding steroid dienone is 3. The molecule has 1 aliphatic carbocycles. The standard InChI is InChI=1S/C11H15NO3/c1-2-14-8-9-15-11(13)12-10-6-4-3-5-7-10/h2,4,6-7H,1,3,5,8-9H2,(H,12,13). The van der Waals surface area contributed by atoms with Crippen molar-refractivity contribution in [3.05, 3.63) is 36.8 Å². The molecule has 15 heavy (non-hydrogen) atoms. The van der Waals surface area contributed by atoms with Crippen LogP contribution >= 0.6 is 0 Å². The topological polar surface area (TPSA) is 47.6 Å². The van der Waals surface area contributed by atoms with Crippen LogP contribution in [0.4, 0.5) is 4.79 Å². The summed E-state index contributed by atoms with van der Waals surface area (Å²) < 4.78 is 9.65. The van der Waals surface area contributed by atoms with Crippen LogP contribution in [-0.4, -0.2) is 19.3 Å². The summed E-state index contributed by atoms with van der Waals surface area (Å²) >= 11 is 0. The van der Waals surface area contributed by atoms with Gasteiger partial charge in [0, 0.05) is 5.70 Å².